The molecule has 0 aliphatic heterocycles. The molecule has 0 amide bonds. The summed E-state index contributed by atoms with van der Waals surface area (Å²) in [6, 6.07) is 73.0. The third-order valence-electron chi connectivity index (χ3n) is 19.9. The number of hydrogen-bond donors (Lipinski definition) is 16. The number of nitrogens with zero attached hydrogens (tertiary/aromatic N) is 6. The molecule has 0 aliphatic rings. The van der Waals surface area contributed by atoms with Crippen LogP contribution in [0.4, 0.5) is 34.9 Å². The highest BCUT2D eigenvalue weighted by Gasteiger charge is 2.11. The van der Waals surface area contributed by atoms with E-state index in [1.165, 1.54) is 61.2 Å². The number of guanidine groups is 2. The van der Waals surface area contributed by atoms with Crippen LogP contribution >= 0.6 is 0 Å². The third-order valence-corrected chi connectivity index (χ3v) is 19.9. The molecule has 0 aliphatic carbocycles. The molecule has 4 heterocycles. The molecular formula is C104H140N22. The first-order chi connectivity index (χ1) is 59.5. The van der Waals surface area contributed by atoms with Crippen LogP contribution in [0.2, 0.25) is 0 Å². The summed E-state index contributed by atoms with van der Waals surface area (Å²) in [5.74, 6) is 10.8. The lowest BCUT2D eigenvalue weighted by Crippen LogP contribution is -2.21. The van der Waals surface area contributed by atoms with E-state index in [9.17, 15) is 0 Å². The van der Waals surface area contributed by atoms with E-state index >= 15 is 0 Å². The van der Waals surface area contributed by atoms with Crippen molar-refractivity contribution in [2.75, 3.05) is 22.9 Å². The van der Waals surface area contributed by atoms with Gasteiger partial charge in [0.1, 0.15) is 11.7 Å². The van der Waals surface area contributed by atoms with Crippen LogP contribution in [0.5, 0.6) is 0 Å². The second-order valence-corrected chi connectivity index (χ2v) is 34.2. The van der Waals surface area contributed by atoms with Crippen LogP contribution in [0.1, 0.15) is 264 Å². The predicted octanol–water partition coefficient (Wildman–Crippen LogP) is 23.1. The number of anilines is 4. The Morgan fingerprint density at radius 3 is 1.16 bits per heavy atom. The van der Waals surface area contributed by atoms with Gasteiger partial charge in [-0.05, 0) is 224 Å². The highest BCUT2D eigenvalue weighted by molar-refractivity contribution is 5.96. The Bertz CT molecular complexity index is 5640. The number of aliphatic imine (C=N–C) groups is 2. The Balaban J connectivity index is 0.000000248. The maximum absolute atomic E-state index is 7.25. The number of nitrogens with one attached hydrogen (secondary N) is 6. The van der Waals surface area contributed by atoms with Gasteiger partial charge in [-0.2, -0.15) is 10.2 Å². The van der Waals surface area contributed by atoms with Crippen molar-refractivity contribution < 1.29 is 0 Å². The topological polar surface area (TPSA) is 447 Å². The van der Waals surface area contributed by atoms with Gasteiger partial charge in [0.15, 0.2) is 35.5 Å². The number of rotatable bonds is 17. The molecule has 0 atom stereocenters. The molecular weight excluding hydrogens is 1560 g/mol. The minimum Gasteiger partial charge on any atom is -0.384 e. The molecule has 26 N–H and O–H groups in total. The number of nitrogens with two attached hydrogens (primary N) is 10. The fraction of sp³-hybridized carbons (Fsp3) is 0.308. The zero-order valence-corrected chi connectivity index (χ0v) is 77.8. The molecule has 0 unspecified atom stereocenters. The van der Waals surface area contributed by atoms with E-state index in [4.69, 9.17) is 74.6 Å². The summed E-state index contributed by atoms with van der Waals surface area (Å²) in [5.41, 5.74) is 78.5. The summed E-state index contributed by atoms with van der Waals surface area (Å²) in [5, 5.41) is 30.2. The molecule has 0 bridgehead atoms. The molecule has 10 aromatic carbocycles. The molecule has 126 heavy (non-hydrogen) atoms. The van der Waals surface area contributed by atoms with Crippen molar-refractivity contribution in [2.45, 2.75) is 199 Å². The number of aromatic amines is 4. The molecule has 666 valence electrons. The third kappa shape index (κ3) is 35.5. The van der Waals surface area contributed by atoms with Crippen LogP contribution in [0.3, 0.4) is 0 Å². The number of nitrogen functional groups attached to an aromatic ring is 6. The fourth-order valence-electron chi connectivity index (χ4n) is 12.4. The lowest BCUT2D eigenvalue weighted by molar-refractivity contribution is 0.647. The summed E-state index contributed by atoms with van der Waals surface area (Å²) in [6.45, 7) is 47.1. The van der Waals surface area contributed by atoms with Crippen LogP contribution in [0, 0.1) is 35.0 Å². The van der Waals surface area contributed by atoms with Crippen molar-refractivity contribution in [1.82, 2.24) is 40.3 Å². The van der Waals surface area contributed by atoms with Crippen LogP contribution in [0.15, 0.2) is 235 Å². The van der Waals surface area contributed by atoms with Gasteiger partial charge in [0.05, 0.1) is 44.5 Å². The quantitative estimate of drug-likeness (QED) is 0.0229. The van der Waals surface area contributed by atoms with Gasteiger partial charge >= 0.3 is 0 Å². The van der Waals surface area contributed by atoms with Gasteiger partial charge in [0, 0.05) is 27.5 Å². The van der Waals surface area contributed by atoms with E-state index in [0.717, 1.165) is 90.7 Å². The van der Waals surface area contributed by atoms with E-state index in [2.05, 4.69) is 298 Å². The number of benzene rings is 10. The summed E-state index contributed by atoms with van der Waals surface area (Å²) in [4.78, 5) is 22.2. The van der Waals surface area contributed by atoms with E-state index in [0.29, 0.717) is 76.8 Å². The Labute approximate surface area is 748 Å². The molecule has 0 saturated carbocycles. The Morgan fingerprint density at radius 2 is 0.738 bits per heavy atom. The smallest absolute Gasteiger partial charge is 0.198 e. The predicted molar refractivity (Wildman–Crippen MR) is 541 cm³/mol. The van der Waals surface area contributed by atoms with Crippen molar-refractivity contribution in [3.8, 4) is 12.3 Å². The van der Waals surface area contributed by atoms with Crippen LogP contribution in [-0.4, -0.2) is 63.9 Å². The van der Waals surface area contributed by atoms with Gasteiger partial charge in [-0.15, -0.1) is 6.42 Å². The first-order valence-corrected chi connectivity index (χ1v) is 43.1. The lowest BCUT2D eigenvalue weighted by Gasteiger charge is -2.06. The molecule has 0 fully saturated rings. The molecule has 0 saturated heterocycles. The lowest BCUT2D eigenvalue weighted by atomic mass is 10.0. The highest BCUT2D eigenvalue weighted by Crippen LogP contribution is 2.28. The molecule has 14 rings (SSSR count). The summed E-state index contributed by atoms with van der Waals surface area (Å²) in [6.07, 6.45) is 9.42. The van der Waals surface area contributed by atoms with Gasteiger partial charge in [0.25, 0.3) is 0 Å². The number of H-pyrrole nitrogens is 4. The van der Waals surface area contributed by atoms with Crippen molar-refractivity contribution in [3.05, 3.63) is 303 Å². The van der Waals surface area contributed by atoms with Crippen molar-refractivity contribution >= 4 is 108 Å². The summed E-state index contributed by atoms with van der Waals surface area (Å²) in [7, 11) is 0. The van der Waals surface area contributed by atoms with E-state index in [1.807, 2.05) is 127 Å². The van der Waals surface area contributed by atoms with Crippen LogP contribution < -0.4 is 57.3 Å². The average Bonchev–Trinajstić information content (AvgIpc) is 1.69. The standard InChI is InChI=1S/C12H16.C12H14.4C10H13N3.2C10H15N3.2C10H14N2/c2*1-4-11-5-7-12(8-6-11)9-10(2)3;1-6(2)7-3-4-9-8(5-7)10(11)13-12-9;2*1-6(2)7-3-4-8-9(5-7)13-10(11)12-8;1-6(2)7-3-4-8-9(5-7)12-13-10(8)11;1-7(2)8-3-5-9(6-4-8)13-10(11)12;1-7(2)8-4-3-5-9(6-8)13-10(11)12;1-7(2)8-3-5-9(6-4-8)10(11)12;1-7(2)8-4-3-5-9(6-8)10(11)12/h4-8,10H,1,9H2,2-3H3;1,5-8,10H,9H2,2-3H3;4*3-6H,1-2H3,(H3,11,12,13);2*3-7H,1-2H3,(H4,11,12,13);2*3-7H,1-2H3,(H3,11,12). The normalized spacial score (nSPS) is 10.6. The van der Waals surface area contributed by atoms with Gasteiger partial charge in [0.2, 0.25) is 0 Å². The Kier molecular flexibility index (Phi) is 41.7. The van der Waals surface area contributed by atoms with E-state index < -0.39 is 0 Å². The average molecular weight is 1700 g/mol. The highest BCUT2D eigenvalue weighted by atomic mass is 15.2. The van der Waals surface area contributed by atoms with Gasteiger partial charge in [-0.3, -0.25) is 21.0 Å². The monoisotopic (exact) mass is 1700 g/mol. The first kappa shape index (κ1) is 103. The van der Waals surface area contributed by atoms with Crippen molar-refractivity contribution in [3.63, 3.8) is 0 Å². The molecule has 4 aromatic heterocycles. The fourth-order valence-corrected chi connectivity index (χ4v) is 12.4. The van der Waals surface area contributed by atoms with Crippen molar-refractivity contribution in [2.24, 2.45) is 56.2 Å². The first-order valence-electron chi connectivity index (χ1n) is 43.1. The van der Waals surface area contributed by atoms with Gasteiger partial charge in [-0.25, -0.2) is 20.0 Å². The molecule has 14 aromatic rings. The van der Waals surface area contributed by atoms with Gasteiger partial charge in [-0.1, -0.05) is 284 Å². The maximum atomic E-state index is 7.25. The summed E-state index contributed by atoms with van der Waals surface area (Å²) >= 11 is 0. The SMILES string of the molecule is C#Cc1ccc(CC(C)C)cc1.C=Cc1ccc(CC(C)C)cc1.CC(C)c1ccc(C(=N)N)cc1.CC(C)c1ccc(N=C(N)N)cc1.CC(C)c1ccc2[nH]nc(N)c2c1.CC(C)c1ccc2c(N)n[nH]c2c1.CC(C)c1ccc2nc(N)[nH]c2c1.CC(C)c1ccc2nc(N)[nH]c2c1.CC(C)c1cccc(C(=N)N)c1.CC(C)c1cccc(N=C(N)N)c1. The largest absolute Gasteiger partial charge is 0.384 e. The molecule has 0 radical (unpaired) electrons. The number of imidazole rings is 2. The van der Waals surface area contributed by atoms with Gasteiger partial charge < -0.3 is 67.3 Å². The number of hydrogen-bond acceptors (Lipinski definition) is 12. The Hall–Kier alpha value is -13.9. The molecule has 22 heteroatoms. The van der Waals surface area contributed by atoms with E-state index in [1.54, 1.807) is 0 Å². The molecule has 0 spiro atoms. The zero-order chi connectivity index (χ0) is 93.6. The second-order valence-electron chi connectivity index (χ2n) is 34.2. The van der Waals surface area contributed by atoms with E-state index in [-0.39, 0.29) is 23.6 Å². The summed E-state index contributed by atoms with van der Waals surface area (Å²) < 4.78 is 0. The van der Waals surface area contributed by atoms with Crippen LogP contribution in [-0.2, 0) is 12.8 Å². The number of amidine groups is 2. The maximum Gasteiger partial charge on any atom is 0.198 e. The molecule has 22 nitrogen and oxygen atoms in total. The Morgan fingerprint density at radius 1 is 0.373 bits per heavy atom. The minimum absolute atomic E-state index is 0.0947. The number of aromatic nitrogens is 8. The second kappa shape index (κ2) is 51.2. The number of terminal acetylenes is 1. The number of fused-ring (bicyclic) bond motifs is 4. The van der Waals surface area contributed by atoms with Crippen molar-refractivity contribution in [1.29, 1.82) is 10.8 Å². The zero-order valence-electron chi connectivity index (χ0n) is 77.8. The van der Waals surface area contributed by atoms with Crippen LogP contribution in [0.25, 0.3) is 49.9 Å². The minimum atomic E-state index is 0.0947.